The zero-order chi connectivity index (χ0) is 42.6. The maximum Gasteiger partial charge on any atom is 0.472 e. The topological polar surface area (TPSA) is 155 Å². The maximum atomic E-state index is 12.6. The van der Waals surface area contributed by atoms with E-state index in [1.807, 2.05) is 18.2 Å². The van der Waals surface area contributed by atoms with E-state index in [4.69, 9.17) is 24.3 Å². The van der Waals surface area contributed by atoms with Gasteiger partial charge in [0.1, 0.15) is 6.61 Å². The Balaban J connectivity index is 4.46. The Morgan fingerprint density at radius 3 is 1.72 bits per heavy atom. The number of nitrogens with two attached hydrogens (primary N) is 1. The van der Waals surface area contributed by atoms with Crippen molar-refractivity contribution < 1.29 is 42.7 Å². The molecule has 3 atom stereocenters. The number of rotatable bonds is 37. The van der Waals surface area contributed by atoms with Gasteiger partial charge in [0.25, 0.3) is 0 Å². The number of phosphoric ester groups is 1. The van der Waals surface area contributed by atoms with Crippen LogP contribution in [0.1, 0.15) is 123 Å². The average molecular weight is 828 g/mol. The van der Waals surface area contributed by atoms with Gasteiger partial charge in [-0.3, -0.25) is 18.6 Å². The van der Waals surface area contributed by atoms with E-state index in [-0.39, 0.29) is 32.6 Å². The van der Waals surface area contributed by atoms with Crippen molar-refractivity contribution in [1.29, 1.82) is 0 Å². The molecule has 0 radical (unpaired) electrons. The molecule has 10 nitrogen and oxygen atoms in total. The second-order valence-electron chi connectivity index (χ2n) is 13.3. The maximum absolute atomic E-state index is 12.6. The molecule has 0 fully saturated rings. The number of hydrogen-bond acceptors (Lipinski definition) is 9. The van der Waals surface area contributed by atoms with Crippen LogP contribution >= 0.6 is 7.82 Å². The normalized spacial score (nSPS) is 15.1. The summed E-state index contributed by atoms with van der Waals surface area (Å²) in [5.41, 5.74) is 5.33. The van der Waals surface area contributed by atoms with Crippen molar-refractivity contribution in [2.45, 2.75) is 135 Å². The Labute approximate surface area is 350 Å². The highest BCUT2D eigenvalue weighted by atomic mass is 31.2. The summed E-state index contributed by atoms with van der Waals surface area (Å²) in [5.74, 6) is -1.05. The molecule has 0 bridgehead atoms. The van der Waals surface area contributed by atoms with Crippen LogP contribution in [-0.4, -0.2) is 60.5 Å². The molecule has 4 N–H and O–H groups in total. The minimum Gasteiger partial charge on any atom is -0.462 e. The Bertz CT molecular complexity index is 1370. The van der Waals surface area contributed by atoms with E-state index in [1.165, 1.54) is 0 Å². The van der Waals surface area contributed by atoms with E-state index in [0.29, 0.717) is 19.3 Å². The monoisotopic (exact) mass is 828 g/mol. The fraction of sp³-hybridized carbons (Fsp3) is 0.532. The van der Waals surface area contributed by atoms with Crippen molar-refractivity contribution in [3.05, 3.63) is 122 Å². The van der Waals surface area contributed by atoms with E-state index in [0.717, 1.165) is 77.0 Å². The summed E-state index contributed by atoms with van der Waals surface area (Å²) in [6, 6.07) is 0. The summed E-state index contributed by atoms with van der Waals surface area (Å²) in [7, 11) is -4.43. The van der Waals surface area contributed by atoms with Crippen molar-refractivity contribution >= 4 is 19.8 Å². The third kappa shape index (κ3) is 40.6. The number of carbonyl (C=O) groups is 2. The van der Waals surface area contributed by atoms with Gasteiger partial charge >= 0.3 is 19.8 Å². The van der Waals surface area contributed by atoms with E-state index in [1.54, 1.807) is 18.2 Å². The lowest BCUT2D eigenvalue weighted by atomic mass is 10.1. The second kappa shape index (κ2) is 41.5. The average Bonchev–Trinajstić information content (AvgIpc) is 3.20. The molecule has 58 heavy (non-hydrogen) atoms. The van der Waals surface area contributed by atoms with Crippen molar-refractivity contribution in [2.75, 3.05) is 26.4 Å². The third-order valence-electron chi connectivity index (χ3n) is 7.94. The zero-order valence-corrected chi connectivity index (χ0v) is 36.2. The number of phosphoric acid groups is 1. The summed E-state index contributed by atoms with van der Waals surface area (Å²) >= 11 is 0. The molecule has 0 saturated heterocycles. The smallest absolute Gasteiger partial charge is 0.462 e. The van der Waals surface area contributed by atoms with Gasteiger partial charge in [-0.2, -0.15) is 0 Å². The van der Waals surface area contributed by atoms with Gasteiger partial charge in [0.05, 0.1) is 19.3 Å². The molecule has 0 aromatic heterocycles. The molecule has 0 aliphatic heterocycles. The first kappa shape index (κ1) is 54.4. The molecule has 326 valence electrons. The van der Waals surface area contributed by atoms with Gasteiger partial charge in [-0.05, 0) is 83.5 Å². The largest absolute Gasteiger partial charge is 0.472 e. The predicted molar refractivity (Wildman–Crippen MR) is 239 cm³/mol. The lowest BCUT2D eigenvalue weighted by Crippen LogP contribution is -2.29. The molecular weight excluding hydrogens is 753 g/mol. The fourth-order valence-corrected chi connectivity index (χ4v) is 5.62. The van der Waals surface area contributed by atoms with Crippen LogP contribution in [-0.2, 0) is 32.7 Å². The van der Waals surface area contributed by atoms with Gasteiger partial charge in [-0.15, -0.1) is 0 Å². The first-order valence-electron chi connectivity index (χ1n) is 21.1. The number of carbonyl (C=O) groups excluding carboxylic acids is 2. The first-order chi connectivity index (χ1) is 28.2. The molecule has 0 rings (SSSR count). The van der Waals surface area contributed by atoms with Crippen molar-refractivity contribution in [1.82, 2.24) is 0 Å². The molecule has 0 aliphatic rings. The third-order valence-corrected chi connectivity index (χ3v) is 8.92. The van der Waals surface area contributed by atoms with E-state index < -0.39 is 38.6 Å². The van der Waals surface area contributed by atoms with Gasteiger partial charge in [0.15, 0.2) is 6.10 Å². The summed E-state index contributed by atoms with van der Waals surface area (Å²) in [4.78, 5) is 34.8. The number of aliphatic hydroxyl groups excluding tert-OH is 1. The molecule has 0 heterocycles. The van der Waals surface area contributed by atoms with Crippen LogP contribution in [0.5, 0.6) is 0 Å². The number of unbranched alkanes of at least 4 members (excludes halogenated alkanes) is 4. The molecule has 0 aromatic carbocycles. The molecule has 0 amide bonds. The van der Waals surface area contributed by atoms with Crippen molar-refractivity contribution in [2.24, 2.45) is 5.73 Å². The van der Waals surface area contributed by atoms with E-state index >= 15 is 0 Å². The highest BCUT2D eigenvalue weighted by Crippen LogP contribution is 2.43. The summed E-state index contributed by atoms with van der Waals surface area (Å²) in [5, 5.41) is 10.2. The lowest BCUT2D eigenvalue weighted by Gasteiger charge is -2.19. The number of hydrogen-bond donors (Lipinski definition) is 3. The minimum absolute atomic E-state index is 0.0174. The summed E-state index contributed by atoms with van der Waals surface area (Å²) in [6.45, 7) is 3.23. The minimum atomic E-state index is -4.43. The van der Waals surface area contributed by atoms with Crippen LogP contribution in [0.2, 0.25) is 0 Å². The number of ether oxygens (including phenoxy) is 2. The van der Waals surface area contributed by atoms with E-state index in [2.05, 4.69) is 98.9 Å². The molecule has 0 spiro atoms. The van der Waals surface area contributed by atoms with Crippen LogP contribution in [0.25, 0.3) is 0 Å². The Kier molecular flexibility index (Phi) is 38.9. The van der Waals surface area contributed by atoms with Crippen molar-refractivity contribution in [3.63, 3.8) is 0 Å². The van der Waals surface area contributed by atoms with Gasteiger partial charge in [0, 0.05) is 19.4 Å². The Morgan fingerprint density at radius 1 is 0.603 bits per heavy atom. The van der Waals surface area contributed by atoms with Gasteiger partial charge in [-0.25, -0.2) is 4.57 Å². The van der Waals surface area contributed by atoms with Gasteiger partial charge in [0.2, 0.25) is 0 Å². The van der Waals surface area contributed by atoms with Crippen LogP contribution in [0, 0.1) is 0 Å². The van der Waals surface area contributed by atoms with E-state index in [9.17, 15) is 24.2 Å². The highest BCUT2D eigenvalue weighted by molar-refractivity contribution is 7.47. The Hall–Kier alpha value is -3.63. The number of aliphatic hydroxyl groups is 1. The second-order valence-corrected chi connectivity index (χ2v) is 14.7. The summed E-state index contributed by atoms with van der Waals surface area (Å²) in [6.07, 6.45) is 52.6. The standard InChI is InChI=1S/C47H74NO9P/c1-3-5-7-9-11-13-15-17-18-19-20-22-24-26-28-30-34-39-47(51)57-45(43-56-58(52,53)55-41-40-48)42-54-46(50)38-35-31-33-37-44(49)36-32-29-27-25-23-21-16-14-12-10-8-6-4-2/h5-8,11-14,17-18,20-23,27,29,31-33,36,44-45,49H,3-4,9-10,15-16,19,24-26,28,30,34-35,37-43,48H2,1-2H3,(H,52,53)/b7-5-,8-6-,13-11-,14-12-,18-17-,22-20-,23-21-,29-27-,33-31-,36-32-/t44?,45-/m1/s1. The van der Waals surface area contributed by atoms with Crippen LogP contribution in [0.4, 0.5) is 0 Å². The molecule has 0 saturated carbocycles. The van der Waals surface area contributed by atoms with Crippen LogP contribution in [0.3, 0.4) is 0 Å². The van der Waals surface area contributed by atoms with Crippen LogP contribution in [0.15, 0.2) is 122 Å². The highest BCUT2D eigenvalue weighted by Gasteiger charge is 2.25. The first-order valence-corrected chi connectivity index (χ1v) is 22.6. The molecule has 0 aromatic rings. The molecular formula is C47H74NO9P. The van der Waals surface area contributed by atoms with Crippen molar-refractivity contribution in [3.8, 4) is 0 Å². The zero-order valence-electron chi connectivity index (χ0n) is 35.3. The van der Waals surface area contributed by atoms with Gasteiger partial charge in [-0.1, -0.05) is 148 Å². The SMILES string of the molecule is CC/C=C\C/C=C\C/C=C\C/C=C\C=C/C(O)C/C=C\CCC(=O)OC[C@H](COP(=O)(O)OCCN)OC(=O)CCCCCC/C=C\C/C=C\C/C=C\C/C=C\CC. The quantitative estimate of drug-likeness (QED) is 0.0181. The molecule has 11 heteroatoms. The van der Waals surface area contributed by atoms with Gasteiger partial charge < -0.3 is 25.2 Å². The predicted octanol–water partition coefficient (Wildman–Crippen LogP) is 11.1. The van der Waals surface area contributed by atoms with Crippen LogP contribution < -0.4 is 5.73 Å². The summed E-state index contributed by atoms with van der Waals surface area (Å²) < 4.78 is 32.6. The lowest BCUT2D eigenvalue weighted by molar-refractivity contribution is -0.161. The number of esters is 2. The molecule has 0 aliphatic carbocycles. The Morgan fingerprint density at radius 2 is 1.14 bits per heavy atom. The fourth-order valence-electron chi connectivity index (χ4n) is 4.85. The molecule has 2 unspecified atom stereocenters. The number of allylic oxidation sites excluding steroid dienone is 18.